The van der Waals surface area contributed by atoms with Gasteiger partial charge in [-0.05, 0) is 49.9 Å². The predicted molar refractivity (Wildman–Crippen MR) is 105 cm³/mol. The fourth-order valence-corrected chi connectivity index (χ4v) is 4.15. The molecule has 7 heteroatoms. The summed E-state index contributed by atoms with van der Waals surface area (Å²) in [6, 6.07) is 9.24. The summed E-state index contributed by atoms with van der Waals surface area (Å²) in [5, 5.41) is 7.63. The zero-order valence-electron chi connectivity index (χ0n) is 15.8. The first-order chi connectivity index (χ1) is 13.6. The summed E-state index contributed by atoms with van der Waals surface area (Å²) in [5.74, 6) is 0.251. The molecule has 1 atom stereocenters. The first kappa shape index (κ1) is 18.7. The van der Waals surface area contributed by atoms with Gasteiger partial charge in [-0.15, -0.1) is 5.10 Å². The Bertz CT molecular complexity index is 907. The molecule has 1 aliphatic heterocycles. The molecule has 148 valence electrons. The normalized spacial score (nSPS) is 20.3. The summed E-state index contributed by atoms with van der Waals surface area (Å²) >= 11 is 0. The molecule has 6 nitrogen and oxygen atoms in total. The molecule has 1 aromatic carbocycles. The molecule has 1 saturated carbocycles. The molecule has 0 bridgehead atoms. The molecule has 2 aliphatic rings. The van der Waals surface area contributed by atoms with Crippen molar-refractivity contribution >= 4 is 11.7 Å². The third-order valence-corrected chi connectivity index (χ3v) is 5.66. The number of nitrogens with zero attached hydrogens (tertiary/aromatic N) is 3. The van der Waals surface area contributed by atoms with E-state index in [9.17, 15) is 14.0 Å². The fraction of sp³-hybridized carbons (Fsp3) is 0.476. The van der Waals surface area contributed by atoms with Crippen molar-refractivity contribution in [3.63, 3.8) is 0 Å². The van der Waals surface area contributed by atoms with Gasteiger partial charge in [-0.2, -0.15) is 4.68 Å². The second-order valence-corrected chi connectivity index (χ2v) is 7.70. The Balaban J connectivity index is 1.51. The van der Waals surface area contributed by atoms with E-state index >= 15 is 0 Å². The van der Waals surface area contributed by atoms with Crippen LogP contribution in [0.3, 0.4) is 0 Å². The number of carbonyl (C=O) groups excluding carboxylic acids is 1. The minimum atomic E-state index is -0.418. The highest BCUT2D eigenvalue weighted by Gasteiger charge is 2.29. The summed E-state index contributed by atoms with van der Waals surface area (Å²) in [4.78, 5) is 26.9. The standard InChI is InChI=1S/C21H25FN4O2/c22-16-6-3-9-18(13-16)26-20(27)11-10-19(24-26)25-12-4-5-15(14-25)21(28)23-17-7-1-2-8-17/h3,6,9-11,13,15,17H,1-2,4-5,7-8,12,14H2,(H,23,28)/t15-/m1/s1. The number of hydrogen-bond acceptors (Lipinski definition) is 4. The maximum absolute atomic E-state index is 13.5. The largest absolute Gasteiger partial charge is 0.354 e. The summed E-state index contributed by atoms with van der Waals surface area (Å²) in [6.45, 7) is 1.36. The van der Waals surface area contributed by atoms with E-state index in [1.807, 2.05) is 4.90 Å². The highest BCUT2D eigenvalue weighted by molar-refractivity contribution is 5.79. The van der Waals surface area contributed by atoms with Crippen LogP contribution in [0.4, 0.5) is 10.2 Å². The zero-order chi connectivity index (χ0) is 19.5. The van der Waals surface area contributed by atoms with Crippen LogP contribution in [0.15, 0.2) is 41.2 Å². The van der Waals surface area contributed by atoms with Crippen LogP contribution < -0.4 is 15.8 Å². The number of aromatic nitrogens is 2. The van der Waals surface area contributed by atoms with Crippen molar-refractivity contribution < 1.29 is 9.18 Å². The maximum atomic E-state index is 13.5. The SMILES string of the molecule is O=C(NC1CCCC1)[C@@H]1CCCN(c2ccc(=O)n(-c3cccc(F)c3)n2)C1. The number of anilines is 1. The Morgan fingerprint density at radius 2 is 1.93 bits per heavy atom. The molecule has 1 aliphatic carbocycles. The maximum Gasteiger partial charge on any atom is 0.271 e. The number of benzene rings is 1. The Morgan fingerprint density at radius 1 is 1.11 bits per heavy atom. The van der Waals surface area contributed by atoms with Crippen molar-refractivity contribution in [1.29, 1.82) is 0 Å². The van der Waals surface area contributed by atoms with Crippen LogP contribution in [0.25, 0.3) is 5.69 Å². The molecule has 0 unspecified atom stereocenters. The second kappa shape index (κ2) is 8.12. The second-order valence-electron chi connectivity index (χ2n) is 7.70. The van der Waals surface area contributed by atoms with Gasteiger partial charge in [-0.3, -0.25) is 9.59 Å². The minimum absolute atomic E-state index is 0.0781. The van der Waals surface area contributed by atoms with E-state index in [0.717, 1.165) is 32.2 Å². The van der Waals surface area contributed by atoms with Gasteiger partial charge in [0.05, 0.1) is 11.6 Å². The minimum Gasteiger partial charge on any atom is -0.354 e. The van der Waals surface area contributed by atoms with Crippen LogP contribution >= 0.6 is 0 Å². The molecule has 1 aromatic heterocycles. The number of hydrogen-bond donors (Lipinski definition) is 1. The number of piperidine rings is 1. The van der Waals surface area contributed by atoms with E-state index in [-0.39, 0.29) is 17.4 Å². The molecule has 2 heterocycles. The van der Waals surface area contributed by atoms with Crippen LogP contribution in [0.1, 0.15) is 38.5 Å². The summed E-state index contributed by atoms with van der Waals surface area (Å²) in [6.07, 6.45) is 6.27. The van der Waals surface area contributed by atoms with Gasteiger partial charge in [0.25, 0.3) is 5.56 Å². The molecule has 0 spiro atoms. The van der Waals surface area contributed by atoms with Crippen molar-refractivity contribution in [2.45, 2.75) is 44.6 Å². The lowest BCUT2D eigenvalue weighted by Gasteiger charge is -2.33. The number of halogens is 1. The fourth-order valence-electron chi connectivity index (χ4n) is 4.15. The summed E-state index contributed by atoms with van der Waals surface area (Å²) in [5.41, 5.74) is 0.0706. The van der Waals surface area contributed by atoms with Crippen LogP contribution in [-0.2, 0) is 4.79 Å². The lowest BCUT2D eigenvalue weighted by Crippen LogP contribution is -2.46. The van der Waals surface area contributed by atoms with Crippen LogP contribution in [-0.4, -0.2) is 34.8 Å². The van der Waals surface area contributed by atoms with Crippen molar-refractivity contribution in [3.05, 3.63) is 52.6 Å². The third-order valence-electron chi connectivity index (χ3n) is 5.66. The van der Waals surface area contributed by atoms with Gasteiger partial charge in [-0.25, -0.2) is 4.39 Å². The van der Waals surface area contributed by atoms with Crippen molar-refractivity contribution in [2.24, 2.45) is 5.92 Å². The predicted octanol–water partition coefficient (Wildman–Crippen LogP) is 2.65. The smallest absolute Gasteiger partial charge is 0.271 e. The van der Waals surface area contributed by atoms with Gasteiger partial charge < -0.3 is 10.2 Å². The molecule has 2 fully saturated rings. The Kier molecular flexibility index (Phi) is 5.41. The molecule has 1 N–H and O–H groups in total. The Hall–Kier alpha value is -2.70. The summed E-state index contributed by atoms with van der Waals surface area (Å²) in [7, 11) is 0. The van der Waals surface area contributed by atoms with Gasteiger partial charge in [0, 0.05) is 25.2 Å². The molecule has 0 radical (unpaired) electrons. The molecule has 28 heavy (non-hydrogen) atoms. The Labute approximate surface area is 163 Å². The average Bonchev–Trinajstić information content (AvgIpc) is 3.21. The van der Waals surface area contributed by atoms with Crippen molar-refractivity contribution in [3.8, 4) is 5.69 Å². The zero-order valence-corrected chi connectivity index (χ0v) is 15.8. The van der Waals surface area contributed by atoms with Gasteiger partial charge in [0.15, 0.2) is 0 Å². The van der Waals surface area contributed by atoms with Gasteiger partial charge in [0.2, 0.25) is 5.91 Å². The van der Waals surface area contributed by atoms with E-state index in [1.165, 1.54) is 35.7 Å². The number of rotatable bonds is 4. The average molecular weight is 384 g/mol. The van der Waals surface area contributed by atoms with Gasteiger partial charge in [0.1, 0.15) is 11.6 Å². The number of amides is 1. The van der Waals surface area contributed by atoms with E-state index < -0.39 is 5.82 Å². The van der Waals surface area contributed by atoms with Crippen LogP contribution in [0.2, 0.25) is 0 Å². The van der Waals surface area contributed by atoms with E-state index in [1.54, 1.807) is 18.2 Å². The lowest BCUT2D eigenvalue weighted by molar-refractivity contribution is -0.125. The summed E-state index contributed by atoms with van der Waals surface area (Å²) < 4.78 is 14.8. The van der Waals surface area contributed by atoms with E-state index in [0.29, 0.717) is 24.1 Å². The molecular formula is C21H25FN4O2. The molecule has 1 amide bonds. The highest BCUT2D eigenvalue weighted by atomic mass is 19.1. The van der Waals surface area contributed by atoms with Crippen LogP contribution in [0.5, 0.6) is 0 Å². The quantitative estimate of drug-likeness (QED) is 0.880. The molecule has 4 rings (SSSR count). The molecule has 1 saturated heterocycles. The number of nitrogens with one attached hydrogen (secondary N) is 1. The van der Waals surface area contributed by atoms with Gasteiger partial charge in [-0.1, -0.05) is 18.9 Å². The molecule has 2 aromatic rings. The first-order valence-electron chi connectivity index (χ1n) is 10.0. The van der Waals surface area contributed by atoms with E-state index in [4.69, 9.17) is 0 Å². The van der Waals surface area contributed by atoms with Crippen molar-refractivity contribution in [1.82, 2.24) is 15.1 Å². The van der Waals surface area contributed by atoms with Crippen LogP contribution in [0, 0.1) is 11.7 Å². The third kappa shape index (κ3) is 4.08. The number of carbonyl (C=O) groups is 1. The highest BCUT2D eigenvalue weighted by Crippen LogP contribution is 2.23. The lowest BCUT2D eigenvalue weighted by atomic mass is 9.96. The topological polar surface area (TPSA) is 67.2 Å². The van der Waals surface area contributed by atoms with E-state index in [2.05, 4.69) is 10.4 Å². The first-order valence-corrected chi connectivity index (χ1v) is 10.0. The monoisotopic (exact) mass is 384 g/mol. The molecular weight excluding hydrogens is 359 g/mol. The van der Waals surface area contributed by atoms with Crippen molar-refractivity contribution in [2.75, 3.05) is 18.0 Å². The van der Waals surface area contributed by atoms with Gasteiger partial charge >= 0.3 is 0 Å². The Morgan fingerprint density at radius 3 is 2.71 bits per heavy atom.